The van der Waals surface area contributed by atoms with Crippen LogP contribution in [0.2, 0.25) is 0 Å². The van der Waals surface area contributed by atoms with Gasteiger partial charge in [-0.1, -0.05) is 13.8 Å². The molecule has 194 valence electrons. The third-order valence-electron chi connectivity index (χ3n) is 5.36. The first-order valence-electron chi connectivity index (χ1n) is 11.4. The van der Waals surface area contributed by atoms with E-state index in [-0.39, 0.29) is 18.8 Å². The summed E-state index contributed by atoms with van der Waals surface area (Å²) in [6, 6.07) is -2.79. The molecule has 0 unspecified atom stereocenters. The molecule has 1 saturated heterocycles. The Bertz CT molecular complexity index is 764. The number of carboxylic acid groups (broad SMARTS) is 1. The maximum atomic E-state index is 12.8. The second-order valence-electron chi connectivity index (χ2n) is 9.83. The summed E-state index contributed by atoms with van der Waals surface area (Å²) in [7, 11) is 0. The summed E-state index contributed by atoms with van der Waals surface area (Å²) in [5, 5.41) is 24.5. The SMILES string of the molecule is CC(C)[C@H](NC(=O)[C@@H]1CCCN1C(=O)CC[C@H](O)[C@H](CC(=O)O)NC(=O)OC(C)(C)C)C(N)=O. The molecule has 0 saturated carbocycles. The van der Waals surface area contributed by atoms with Gasteiger partial charge in [-0.3, -0.25) is 19.2 Å². The number of likely N-dealkylation sites (tertiary alicyclic amines) is 1. The fourth-order valence-electron chi connectivity index (χ4n) is 3.70. The monoisotopic (exact) mass is 486 g/mol. The van der Waals surface area contributed by atoms with Gasteiger partial charge in [0.25, 0.3) is 0 Å². The van der Waals surface area contributed by atoms with E-state index < -0.39 is 66.0 Å². The van der Waals surface area contributed by atoms with Crippen LogP contribution in [-0.2, 0) is 23.9 Å². The number of hydrogen-bond donors (Lipinski definition) is 5. The summed E-state index contributed by atoms with van der Waals surface area (Å²) in [4.78, 5) is 61.6. The van der Waals surface area contributed by atoms with Gasteiger partial charge in [0, 0.05) is 13.0 Å². The number of carbonyl (C=O) groups is 5. The Morgan fingerprint density at radius 1 is 1.15 bits per heavy atom. The van der Waals surface area contributed by atoms with Crippen LogP contribution in [0.4, 0.5) is 4.79 Å². The fraction of sp³-hybridized carbons (Fsp3) is 0.773. The Morgan fingerprint density at radius 2 is 1.76 bits per heavy atom. The fourth-order valence-corrected chi connectivity index (χ4v) is 3.70. The summed E-state index contributed by atoms with van der Waals surface area (Å²) in [6.45, 7) is 8.75. The second kappa shape index (κ2) is 12.5. The number of amides is 4. The lowest BCUT2D eigenvalue weighted by atomic mass is 10.0. The van der Waals surface area contributed by atoms with Crippen LogP contribution >= 0.6 is 0 Å². The van der Waals surface area contributed by atoms with E-state index in [2.05, 4.69) is 10.6 Å². The van der Waals surface area contributed by atoms with Crippen molar-refractivity contribution in [3.8, 4) is 0 Å². The average molecular weight is 487 g/mol. The Balaban J connectivity index is 2.75. The van der Waals surface area contributed by atoms with Crippen molar-refractivity contribution < 1.29 is 38.9 Å². The third kappa shape index (κ3) is 9.54. The lowest BCUT2D eigenvalue weighted by Gasteiger charge is -2.28. The molecule has 1 heterocycles. The summed E-state index contributed by atoms with van der Waals surface area (Å²) in [5.74, 6) is -2.99. The maximum Gasteiger partial charge on any atom is 0.407 e. The van der Waals surface area contributed by atoms with E-state index in [1.165, 1.54) is 4.90 Å². The summed E-state index contributed by atoms with van der Waals surface area (Å²) in [5.41, 5.74) is 4.54. The zero-order valence-corrected chi connectivity index (χ0v) is 20.5. The number of primary amides is 1. The predicted octanol–water partition coefficient (Wildman–Crippen LogP) is 0.113. The standard InChI is InChI=1S/C22H38N4O8/c1-12(2)18(19(23)31)25-20(32)14-7-6-10-26(14)16(28)9-8-15(27)13(11-17(29)30)24-21(33)34-22(3,4)5/h12-15,18,27H,6-11H2,1-5H3,(H2,23,31)(H,24,33)(H,25,32)(H,29,30)/t13-,14-,15-,18-/m0/s1. The number of ether oxygens (including phenoxy) is 1. The number of aliphatic hydroxyl groups is 1. The lowest BCUT2D eigenvalue weighted by molar-refractivity contribution is -0.140. The highest BCUT2D eigenvalue weighted by Crippen LogP contribution is 2.20. The number of aliphatic hydroxyl groups excluding tert-OH is 1. The first kappa shape index (κ1) is 29.1. The van der Waals surface area contributed by atoms with Crippen LogP contribution in [0.25, 0.3) is 0 Å². The summed E-state index contributed by atoms with van der Waals surface area (Å²) in [6.07, 6.45) is -2.05. The van der Waals surface area contributed by atoms with Crippen LogP contribution in [0.1, 0.15) is 66.7 Å². The minimum absolute atomic E-state index is 0.132. The highest BCUT2D eigenvalue weighted by molar-refractivity contribution is 5.92. The van der Waals surface area contributed by atoms with Crippen LogP contribution in [0, 0.1) is 5.92 Å². The Hall–Kier alpha value is -2.89. The van der Waals surface area contributed by atoms with E-state index in [0.29, 0.717) is 19.4 Å². The van der Waals surface area contributed by atoms with Crippen LogP contribution < -0.4 is 16.4 Å². The molecule has 0 aromatic heterocycles. The van der Waals surface area contributed by atoms with Gasteiger partial charge in [-0.05, 0) is 46.0 Å². The first-order valence-corrected chi connectivity index (χ1v) is 11.4. The topological polar surface area (TPSA) is 188 Å². The number of rotatable bonds is 11. The molecule has 0 aromatic carbocycles. The van der Waals surface area contributed by atoms with Crippen molar-refractivity contribution in [1.29, 1.82) is 0 Å². The van der Waals surface area contributed by atoms with Crippen molar-refractivity contribution in [2.75, 3.05) is 6.54 Å². The molecule has 12 heteroatoms. The molecule has 0 aromatic rings. The van der Waals surface area contributed by atoms with E-state index in [0.717, 1.165) is 0 Å². The molecule has 4 atom stereocenters. The Kier molecular flexibility index (Phi) is 10.7. The quantitative estimate of drug-likeness (QED) is 0.272. The van der Waals surface area contributed by atoms with E-state index in [4.69, 9.17) is 15.6 Å². The Labute approximate surface area is 199 Å². The minimum atomic E-state index is -1.33. The van der Waals surface area contributed by atoms with Gasteiger partial charge in [-0.2, -0.15) is 0 Å². The summed E-state index contributed by atoms with van der Waals surface area (Å²) >= 11 is 0. The number of carbonyl (C=O) groups excluding carboxylic acids is 4. The van der Waals surface area contributed by atoms with E-state index in [1.807, 2.05) is 0 Å². The predicted molar refractivity (Wildman–Crippen MR) is 121 cm³/mol. The molecule has 6 N–H and O–H groups in total. The van der Waals surface area contributed by atoms with Crippen molar-refractivity contribution in [3.63, 3.8) is 0 Å². The number of aliphatic carboxylic acids is 1. The first-order chi connectivity index (χ1) is 15.6. The molecule has 12 nitrogen and oxygen atoms in total. The van der Waals surface area contributed by atoms with Crippen LogP contribution in [-0.4, -0.2) is 81.3 Å². The largest absolute Gasteiger partial charge is 0.481 e. The normalized spacial score (nSPS) is 18.7. The van der Waals surface area contributed by atoms with Gasteiger partial charge < -0.3 is 36.2 Å². The van der Waals surface area contributed by atoms with E-state index >= 15 is 0 Å². The number of nitrogens with two attached hydrogens (primary N) is 1. The zero-order valence-electron chi connectivity index (χ0n) is 20.5. The lowest BCUT2D eigenvalue weighted by Crippen LogP contribution is -2.54. The van der Waals surface area contributed by atoms with Gasteiger partial charge >= 0.3 is 12.1 Å². The van der Waals surface area contributed by atoms with E-state index in [1.54, 1.807) is 34.6 Å². The number of nitrogens with one attached hydrogen (secondary N) is 2. The molecule has 0 bridgehead atoms. The van der Waals surface area contributed by atoms with Crippen LogP contribution in [0.5, 0.6) is 0 Å². The van der Waals surface area contributed by atoms with Gasteiger partial charge in [-0.25, -0.2) is 4.79 Å². The highest BCUT2D eigenvalue weighted by atomic mass is 16.6. The number of nitrogens with zero attached hydrogens (tertiary/aromatic N) is 1. The van der Waals surface area contributed by atoms with Crippen molar-refractivity contribution in [2.45, 2.75) is 96.6 Å². The van der Waals surface area contributed by atoms with Crippen molar-refractivity contribution in [3.05, 3.63) is 0 Å². The molecule has 0 aliphatic carbocycles. The van der Waals surface area contributed by atoms with E-state index in [9.17, 15) is 29.1 Å². The van der Waals surface area contributed by atoms with Gasteiger partial charge in [0.05, 0.1) is 18.6 Å². The molecule has 4 amide bonds. The molecule has 1 rings (SSSR count). The smallest absolute Gasteiger partial charge is 0.407 e. The molecule has 1 aliphatic rings. The molecule has 1 fully saturated rings. The molecular formula is C22H38N4O8. The molecule has 0 spiro atoms. The molecular weight excluding hydrogens is 448 g/mol. The van der Waals surface area contributed by atoms with Gasteiger partial charge in [0.2, 0.25) is 17.7 Å². The van der Waals surface area contributed by atoms with Crippen LogP contribution in [0.3, 0.4) is 0 Å². The maximum absolute atomic E-state index is 12.8. The number of alkyl carbamates (subject to hydrolysis) is 1. The molecule has 34 heavy (non-hydrogen) atoms. The van der Waals surface area contributed by atoms with Crippen LogP contribution in [0.15, 0.2) is 0 Å². The molecule has 1 aliphatic heterocycles. The van der Waals surface area contributed by atoms with Gasteiger partial charge in [0.1, 0.15) is 17.7 Å². The zero-order chi connectivity index (χ0) is 26.2. The average Bonchev–Trinajstić information content (AvgIpc) is 3.17. The van der Waals surface area contributed by atoms with Crippen molar-refractivity contribution in [1.82, 2.24) is 15.5 Å². The highest BCUT2D eigenvalue weighted by Gasteiger charge is 2.36. The van der Waals surface area contributed by atoms with Gasteiger partial charge in [0.15, 0.2) is 0 Å². The minimum Gasteiger partial charge on any atom is -0.481 e. The second-order valence-corrected chi connectivity index (χ2v) is 9.83. The summed E-state index contributed by atoms with van der Waals surface area (Å²) < 4.78 is 5.11. The van der Waals surface area contributed by atoms with Gasteiger partial charge in [-0.15, -0.1) is 0 Å². The third-order valence-corrected chi connectivity index (χ3v) is 5.36. The number of hydrogen-bond acceptors (Lipinski definition) is 7. The molecule has 0 radical (unpaired) electrons. The Morgan fingerprint density at radius 3 is 2.26 bits per heavy atom. The van der Waals surface area contributed by atoms with Crippen molar-refractivity contribution >= 4 is 29.8 Å². The van der Waals surface area contributed by atoms with Crippen molar-refractivity contribution in [2.24, 2.45) is 11.7 Å². The number of carboxylic acids is 1.